The summed E-state index contributed by atoms with van der Waals surface area (Å²) < 4.78 is 15.5. The predicted molar refractivity (Wildman–Crippen MR) is 69.4 cm³/mol. The topological polar surface area (TPSA) is 34.9 Å². The van der Waals surface area contributed by atoms with Gasteiger partial charge in [0, 0.05) is 6.20 Å². The van der Waals surface area contributed by atoms with E-state index in [0.29, 0.717) is 11.9 Å². The van der Waals surface area contributed by atoms with Crippen LogP contribution in [0.2, 0.25) is 0 Å². The Kier molecular flexibility index (Phi) is 2.68. The van der Waals surface area contributed by atoms with Crippen LogP contribution >= 0.6 is 11.5 Å². The third kappa shape index (κ3) is 1.93. The largest absolute Gasteiger partial charge is 0.268 e. The second-order valence-corrected chi connectivity index (χ2v) is 4.96. The molecule has 3 aromatic rings. The lowest BCUT2D eigenvalue weighted by Gasteiger charge is -1.98. The number of nitrogens with zero attached hydrogens (tertiary/aromatic N) is 2. The van der Waals surface area contributed by atoms with Crippen LogP contribution in [0.5, 0.6) is 0 Å². The van der Waals surface area contributed by atoms with E-state index >= 15 is 0 Å². The zero-order valence-corrected chi connectivity index (χ0v) is 10.2. The summed E-state index contributed by atoms with van der Waals surface area (Å²) in [6.07, 6.45) is 1.69. The van der Waals surface area contributed by atoms with Crippen molar-refractivity contribution in [2.45, 2.75) is 6.54 Å². The van der Waals surface area contributed by atoms with Crippen LogP contribution in [0.1, 0.15) is 5.69 Å². The van der Waals surface area contributed by atoms with Crippen molar-refractivity contribution in [2.24, 2.45) is 0 Å². The molecule has 18 heavy (non-hydrogen) atoms. The zero-order chi connectivity index (χ0) is 12.5. The maximum Gasteiger partial charge on any atom is 0.268 e. The molecule has 0 aliphatic heterocycles. The molecule has 0 saturated heterocycles. The molecule has 0 spiro atoms. The molecular weight excluding hydrogens is 251 g/mol. The van der Waals surface area contributed by atoms with E-state index in [0.717, 1.165) is 10.4 Å². The molecule has 0 aliphatic carbocycles. The van der Waals surface area contributed by atoms with Crippen LogP contribution in [0, 0.1) is 5.82 Å². The molecule has 1 aromatic carbocycles. The summed E-state index contributed by atoms with van der Waals surface area (Å²) in [6.45, 7) is 0.417. The average molecular weight is 260 g/mol. The number of halogens is 1. The lowest BCUT2D eigenvalue weighted by molar-refractivity contribution is 0.629. The average Bonchev–Trinajstić information content (AvgIpc) is 2.68. The summed E-state index contributed by atoms with van der Waals surface area (Å²) >= 11 is 1.32. The number of aromatic nitrogens is 2. The molecule has 0 aliphatic rings. The minimum Gasteiger partial charge on any atom is -0.268 e. The standard InChI is InChI=1S/C13H9FN2OS/c14-9-4-5-12-11(7-9)13(17)16(18-12)8-10-3-1-2-6-15-10/h1-7H,8H2. The Bertz CT molecular complexity index is 749. The van der Waals surface area contributed by atoms with Crippen molar-refractivity contribution >= 4 is 21.6 Å². The third-order valence-electron chi connectivity index (χ3n) is 2.64. The Morgan fingerprint density at radius 3 is 2.94 bits per heavy atom. The first-order valence-electron chi connectivity index (χ1n) is 5.43. The van der Waals surface area contributed by atoms with Crippen LogP contribution in [-0.2, 0) is 6.54 Å². The normalized spacial score (nSPS) is 10.9. The van der Waals surface area contributed by atoms with E-state index in [-0.39, 0.29) is 11.4 Å². The Balaban J connectivity index is 2.08. The molecule has 2 heterocycles. The Labute approximate surface area is 106 Å². The second kappa shape index (κ2) is 4.34. The molecule has 0 bridgehead atoms. The molecule has 5 heteroatoms. The molecule has 0 radical (unpaired) electrons. The number of rotatable bonds is 2. The summed E-state index contributed by atoms with van der Waals surface area (Å²) in [5, 5.41) is 0.427. The van der Waals surface area contributed by atoms with Crippen LogP contribution in [0.15, 0.2) is 47.4 Å². The lowest BCUT2D eigenvalue weighted by atomic mass is 10.3. The highest BCUT2D eigenvalue weighted by Crippen LogP contribution is 2.18. The fourth-order valence-electron chi connectivity index (χ4n) is 1.79. The summed E-state index contributed by atoms with van der Waals surface area (Å²) in [5.41, 5.74) is 0.645. The van der Waals surface area contributed by atoms with E-state index in [9.17, 15) is 9.18 Å². The van der Waals surface area contributed by atoms with Crippen LogP contribution in [-0.4, -0.2) is 8.94 Å². The fourth-order valence-corrected chi connectivity index (χ4v) is 2.78. The number of pyridine rings is 1. The van der Waals surface area contributed by atoms with Gasteiger partial charge in [0.05, 0.1) is 22.3 Å². The van der Waals surface area contributed by atoms with E-state index in [1.807, 2.05) is 18.2 Å². The first-order valence-corrected chi connectivity index (χ1v) is 6.21. The van der Waals surface area contributed by atoms with Gasteiger partial charge in [0.1, 0.15) is 5.82 Å². The van der Waals surface area contributed by atoms with Gasteiger partial charge in [-0.2, -0.15) is 0 Å². The predicted octanol–water partition coefficient (Wildman–Crippen LogP) is 2.65. The molecule has 0 N–H and O–H groups in total. The minimum absolute atomic E-state index is 0.167. The van der Waals surface area contributed by atoms with Crippen molar-refractivity contribution < 1.29 is 4.39 Å². The van der Waals surface area contributed by atoms with Gasteiger partial charge in [0.2, 0.25) is 0 Å². The second-order valence-electron chi connectivity index (χ2n) is 3.89. The highest BCUT2D eigenvalue weighted by Gasteiger charge is 2.09. The third-order valence-corrected chi connectivity index (χ3v) is 3.71. The smallest absolute Gasteiger partial charge is 0.268 e. The first-order chi connectivity index (χ1) is 8.74. The van der Waals surface area contributed by atoms with Gasteiger partial charge in [-0.15, -0.1) is 0 Å². The minimum atomic E-state index is -0.387. The Morgan fingerprint density at radius 2 is 2.17 bits per heavy atom. The SMILES string of the molecule is O=c1c2cc(F)ccc2sn1Cc1ccccn1. The quantitative estimate of drug-likeness (QED) is 0.710. The molecule has 90 valence electrons. The van der Waals surface area contributed by atoms with Gasteiger partial charge in [-0.1, -0.05) is 17.6 Å². The van der Waals surface area contributed by atoms with Crippen LogP contribution in [0.4, 0.5) is 4.39 Å². The van der Waals surface area contributed by atoms with Gasteiger partial charge in [-0.05, 0) is 30.3 Å². The molecule has 0 amide bonds. The van der Waals surface area contributed by atoms with Crippen LogP contribution in [0.25, 0.3) is 10.1 Å². The van der Waals surface area contributed by atoms with Crippen molar-refractivity contribution in [2.75, 3.05) is 0 Å². The van der Waals surface area contributed by atoms with Crippen molar-refractivity contribution in [1.82, 2.24) is 8.94 Å². The molecule has 2 aromatic heterocycles. The number of benzene rings is 1. The first kappa shape index (κ1) is 11.1. The molecule has 0 atom stereocenters. The number of hydrogen-bond acceptors (Lipinski definition) is 3. The van der Waals surface area contributed by atoms with E-state index in [1.54, 1.807) is 16.2 Å². The highest BCUT2D eigenvalue weighted by atomic mass is 32.1. The van der Waals surface area contributed by atoms with Gasteiger partial charge in [-0.3, -0.25) is 13.7 Å². The van der Waals surface area contributed by atoms with Gasteiger partial charge in [0.25, 0.3) is 5.56 Å². The summed E-state index contributed by atoms with van der Waals surface area (Å²) in [6, 6.07) is 9.84. The number of fused-ring (bicyclic) bond motifs is 1. The Hall–Kier alpha value is -2.01. The fraction of sp³-hybridized carbons (Fsp3) is 0.0769. The maximum atomic E-state index is 13.1. The van der Waals surface area contributed by atoms with Crippen LogP contribution in [0.3, 0.4) is 0 Å². The summed E-state index contributed by atoms with van der Waals surface area (Å²) in [5.74, 6) is -0.387. The van der Waals surface area contributed by atoms with Crippen molar-refractivity contribution in [3.05, 3.63) is 64.5 Å². The van der Waals surface area contributed by atoms with Crippen molar-refractivity contribution in [3.63, 3.8) is 0 Å². The maximum absolute atomic E-state index is 13.1. The van der Waals surface area contributed by atoms with Gasteiger partial charge in [0.15, 0.2) is 0 Å². The van der Waals surface area contributed by atoms with Crippen LogP contribution < -0.4 is 5.56 Å². The zero-order valence-electron chi connectivity index (χ0n) is 9.34. The summed E-state index contributed by atoms with van der Waals surface area (Å²) in [7, 11) is 0. The number of hydrogen-bond donors (Lipinski definition) is 0. The van der Waals surface area contributed by atoms with Gasteiger partial charge >= 0.3 is 0 Å². The molecule has 0 saturated carbocycles. The van der Waals surface area contributed by atoms with Crippen molar-refractivity contribution in [1.29, 1.82) is 0 Å². The lowest BCUT2D eigenvalue weighted by Crippen LogP contribution is -2.14. The molecular formula is C13H9FN2OS. The van der Waals surface area contributed by atoms with E-state index in [1.165, 1.54) is 23.7 Å². The Morgan fingerprint density at radius 1 is 1.28 bits per heavy atom. The van der Waals surface area contributed by atoms with Gasteiger partial charge in [-0.25, -0.2) is 4.39 Å². The van der Waals surface area contributed by atoms with Crippen molar-refractivity contribution in [3.8, 4) is 0 Å². The summed E-state index contributed by atoms with van der Waals surface area (Å²) in [4.78, 5) is 16.2. The van der Waals surface area contributed by atoms with E-state index < -0.39 is 0 Å². The van der Waals surface area contributed by atoms with E-state index in [4.69, 9.17) is 0 Å². The highest BCUT2D eigenvalue weighted by molar-refractivity contribution is 7.13. The molecule has 0 unspecified atom stereocenters. The monoisotopic (exact) mass is 260 g/mol. The van der Waals surface area contributed by atoms with E-state index in [2.05, 4.69) is 4.98 Å². The molecule has 0 fully saturated rings. The molecule has 3 nitrogen and oxygen atoms in total. The molecule has 3 rings (SSSR count). The van der Waals surface area contributed by atoms with Gasteiger partial charge < -0.3 is 0 Å².